The lowest BCUT2D eigenvalue weighted by Crippen LogP contribution is -2.04. The van der Waals surface area contributed by atoms with E-state index in [4.69, 9.17) is 10.2 Å². The number of nitrogens with zero attached hydrogens (tertiary/aromatic N) is 1. The van der Waals surface area contributed by atoms with Crippen molar-refractivity contribution in [2.24, 2.45) is 0 Å². The number of nitrogen functional groups attached to an aromatic ring is 1. The molecule has 0 bridgehead atoms. The number of carbonyl (C=O) groups is 1. The van der Waals surface area contributed by atoms with Gasteiger partial charge in [0, 0.05) is 5.69 Å². The normalized spacial score (nSPS) is 10.1. The van der Waals surface area contributed by atoms with Gasteiger partial charge in [-0.3, -0.25) is 0 Å². The van der Waals surface area contributed by atoms with Crippen LogP contribution in [0.15, 0.2) is 35.1 Å². The number of rotatable bonds is 2. The van der Waals surface area contributed by atoms with Gasteiger partial charge in [0.15, 0.2) is 0 Å². The Kier molecular flexibility index (Phi) is 2.59. The zero-order valence-electron chi connectivity index (χ0n) is 8.64. The van der Waals surface area contributed by atoms with E-state index >= 15 is 0 Å². The van der Waals surface area contributed by atoms with Crippen LogP contribution in [0.1, 0.15) is 10.4 Å². The third-order valence-electron chi connectivity index (χ3n) is 2.11. The summed E-state index contributed by atoms with van der Waals surface area (Å²) in [7, 11) is 1.31. The Bertz CT molecular complexity index is 506. The van der Waals surface area contributed by atoms with Crippen molar-refractivity contribution in [1.82, 2.24) is 4.98 Å². The Labute approximate surface area is 91.8 Å². The fraction of sp³-hybridized carbons (Fsp3) is 0.0909. The van der Waals surface area contributed by atoms with Gasteiger partial charge in [0.1, 0.15) is 6.26 Å². The predicted octanol–water partition coefficient (Wildman–Crippen LogP) is 1.71. The number of carbonyl (C=O) groups excluding carboxylic acids is 1. The molecule has 0 aliphatic carbocycles. The van der Waals surface area contributed by atoms with Crippen LogP contribution < -0.4 is 5.73 Å². The van der Waals surface area contributed by atoms with E-state index in [0.29, 0.717) is 22.7 Å². The first kappa shape index (κ1) is 10.2. The highest BCUT2D eigenvalue weighted by Crippen LogP contribution is 2.24. The van der Waals surface area contributed by atoms with Gasteiger partial charge < -0.3 is 14.9 Å². The summed E-state index contributed by atoms with van der Waals surface area (Å²) in [5, 5.41) is 0. The van der Waals surface area contributed by atoms with E-state index in [9.17, 15) is 4.79 Å². The number of esters is 1. The van der Waals surface area contributed by atoms with E-state index in [1.165, 1.54) is 25.6 Å². The largest absolute Gasteiger partial charge is 0.465 e. The molecule has 1 aromatic carbocycles. The molecule has 16 heavy (non-hydrogen) atoms. The molecule has 2 aromatic rings. The molecule has 0 radical (unpaired) electrons. The number of benzene rings is 1. The number of anilines is 1. The summed E-state index contributed by atoms with van der Waals surface area (Å²) in [6.07, 6.45) is 2.94. The van der Waals surface area contributed by atoms with Gasteiger partial charge in [-0.2, -0.15) is 0 Å². The van der Waals surface area contributed by atoms with Crippen molar-refractivity contribution in [2.45, 2.75) is 0 Å². The SMILES string of the molecule is COC(=O)c1cc(N)ccc1-c1ncco1. The molecule has 1 heterocycles. The molecular weight excluding hydrogens is 208 g/mol. The standard InChI is InChI=1S/C11H10N2O3/c1-15-11(14)9-6-7(12)2-3-8(9)10-13-4-5-16-10/h2-6H,12H2,1H3. The molecule has 0 spiro atoms. The summed E-state index contributed by atoms with van der Waals surface area (Å²) in [5.74, 6) is -0.110. The minimum absolute atomic E-state index is 0.338. The third-order valence-corrected chi connectivity index (χ3v) is 2.11. The van der Waals surface area contributed by atoms with E-state index < -0.39 is 5.97 Å². The summed E-state index contributed by atoms with van der Waals surface area (Å²) in [6, 6.07) is 4.88. The molecule has 5 nitrogen and oxygen atoms in total. The number of nitrogens with two attached hydrogens (primary N) is 1. The topological polar surface area (TPSA) is 78.4 Å². The first-order valence-corrected chi connectivity index (χ1v) is 4.60. The zero-order valence-corrected chi connectivity index (χ0v) is 8.64. The van der Waals surface area contributed by atoms with Crippen molar-refractivity contribution in [1.29, 1.82) is 0 Å². The highest BCUT2D eigenvalue weighted by molar-refractivity contribution is 5.97. The van der Waals surface area contributed by atoms with Crippen molar-refractivity contribution >= 4 is 11.7 Å². The van der Waals surface area contributed by atoms with Crippen molar-refractivity contribution in [2.75, 3.05) is 12.8 Å². The molecule has 2 rings (SSSR count). The quantitative estimate of drug-likeness (QED) is 0.613. The molecule has 5 heteroatoms. The third kappa shape index (κ3) is 1.75. The molecule has 0 amide bonds. The average molecular weight is 218 g/mol. The van der Waals surface area contributed by atoms with Gasteiger partial charge >= 0.3 is 5.97 Å². The molecule has 0 aliphatic rings. The number of ether oxygens (including phenoxy) is 1. The fourth-order valence-electron chi connectivity index (χ4n) is 1.38. The first-order valence-electron chi connectivity index (χ1n) is 4.60. The second kappa shape index (κ2) is 4.06. The molecule has 2 N–H and O–H groups in total. The van der Waals surface area contributed by atoms with E-state index in [1.54, 1.807) is 12.1 Å². The van der Waals surface area contributed by atoms with Gasteiger partial charge in [0.25, 0.3) is 0 Å². The van der Waals surface area contributed by atoms with Gasteiger partial charge in [-0.15, -0.1) is 0 Å². The van der Waals surface area contributed by atoms with E-state index in [0.717, 1.165) is 0 Å². The number of oxazole rings is 1. The van der Waals surface area contributed by atoms with Crippen LogP contribution in [0.5, 0.6) is 0 Å². The van der Waals surface area contributed by atoms with Crippen LogP contribution in [0.25, 0.3) is 11.5 Å². The van der Waals surface area contributed by atoms with Gasteiger partial charge in [-0.25, -0.2) is 9.78 Å². The van der Waals surface area contributed by atoms with Crippen molar-refractivity contribution < 1.29 is 13.9 Å². The maximum Gasteiger partial charge on any atom is 0.338 e. The number of hydrogen-bond donors (Lipinski definition) is 1. The maximum atomic E-state index is 11.5. The van der Waals surface area contributed by atoms with Crippen LogP contribution in [0.3, 0.4) is 0 Å². The Balaban J connectivity index is 2.57. The van der Waals surface area contributed by atoms with Crippen LogP contribution in [0, 0.1) is 0 Å². The summed E-state index contributed by atoms with van der Waals surface area (Å²) < 4.78 is 9.80. The molecule has 0 aliphatic heterocycles. The summed E-state index contributed by atoms with van der Waals surface area (Å²) in [4.78, 5) is 15.5. The summed E-state index contributed by atoms with van der Waals surface area (Å²) >= 11 is 0. The molecule has 0 unspecified atom stereocenters. The first-order chi connectivity index (χ1) is 7.72. The van der Waals surface area contributed by atoms with Crippen LogP contribution in [0.4, 0.5) is 5.69 Å². The zero-order chi connectivity index (χ0) is 11.5. The Morgan fingerprint density at radius 3 is 2.94 bits per heavy atom. The van der Waals surface area contributed by atoms with Gasteiger partial charge in [0.2, 0.25) is 5.89 Å². The lowest BCUT2D eigenvalue weighted by Gasteiger charge is -2.05. The Hall–Kier alpha value is -2.30. The predicted molar refractivity (Wildman–Crippen MR) is 57.7 cm³/mol. The highest BCUT2D eigenvalue weighted by Gasteiger charge is 2.16. The lowest BCUT2D eigenvalue weighted by atomic mass is 10.1. The van der Waals surface area contributed by atoms with E-state index in [1.807, 2.05) is 0 Å². The summed E-state index contributed by atoms with van der Waals surface area (Å²) in [6.45, 7) is 0. The second-order valence-corrected chi connectivity index (χ2v) is 3.13. The van der Waals surface area contributed by atoms with E-state index in [2.05, 4.69) is 9.72 Å². The van der Waals surface area contributed by atoms with Crippen molar-refractivity contribution in [3.8, 4) is 11.5 Å². The molecule has 0 saturated heterocycles. The van der Waals surface area contributed by atoms with Gasteiger partial charge in [0.05, 0.1) is 24.4 Å². The Morgan fingerprint density at radius 2 is 2.31 bits per heavy atom. The van der Waals surface area contributed by atoms with E-state index in [-0.39, 0.29) is 0 Å². The number of aromatic nitrogens is 1. The van der Waals surface area contributed by atoms with Crippen LogP contribution in [-0.2, 0) is 4.74 Å². The average Bonchev–Trinajstić information content (AvgIpc) is 2.81. The number of methoxy groups -OCH3 is 1. The molecular formula is C11H10N2O3. The minimum Gasteiger partial charge on any atom is -0.465 e. The molecule has 1 aromatic heterocycles. The van der Waals surface area contributed by atoms with Crippen molar-refractivity contribution in [3.63, 3.8) is 0 Å². The van der Waals surface area contributed by atoms with Crippen LogP contribution in [-0.4, -0.2) is 18.1 Å². The molecule has 0 atom stereocenters. The Morgan fingerprint density at radius 1 is 1.50 bits per heavy atom. The summed E-state index contributed by atoms with van der Waals surface area (Å²) in [5.41, 5.74) is 7.00. The number of hydrogen-bond acceptors (Lipinski definition) is 5. The smallest absolute Gasteiger partial charge is 0.338 e. The van der Waals surface area contributed by atoms with Gasteiger partial charge in [-0.05, 0) is 18.2 Å². The highest BCUT2D eigenvalue weighted by atomic mass is 16.5. The molecule has 0 fully saturated rings. The van der Waals surface area contributed by atoms with Gasteiger partial charge in [-0.1, -0.05) is 0 Å². The van der Waals surface area contributed by atoms with Crippen molar-refractivity contribution in [3.05, 3.63) is 36.2 Å². The van der Waals surface area contributed by atoms with Crippen LogP contribution >= 0.6 is 0 Å². The lowest BCUT2D eigenvalue weighted by molar-refractivity contribution is 0.0601. The maximum absolute atomic E-state index is 11.5. The fourth-order valence-corrected chi connectivity index (χ4v) is 1.38. The molecule has 0 saturated carbocycles. The minimum atomic E-state index is -0.472. The second-order valence-electron chi connectivity index (χ2n) is 3.13. The molecule has 82 valence electrons. The monoisotopic (exact) mass is 218 g/mol. The van der Waals surface area contributed by atoms with Crippen LogP contribution in [0.2, 0.25) is 0 Å².